The molecule has 104 valence electrons. The molecule has 1 saturated heterocycles. The molecule has 1 amide bonds. The predicted molar refractivity (Wildman–Crippen MR) is 78.4 cm³/mol. The molecule has 0 spiro atoms. The Hall–Kier alpha value is -1.72. The van der Waals surface area contributed by atoms with E-state index < -0.39 is 0 Å². The molecule has 0 bridgehead atoms. The van der Waals surface area contributed by atoms with Crippen molar-refractivity contribution >= 4 is 17.2 Å². The first-order valence-electron chi connectivity index (χ1n) is 6.71. The van der Waals surface area contributed by atoms with E-state index in [1.54, 1.807) is 17.5 Å². The second-order valence-electron chi connectivity index (χ2n) is 4.71. The summed E-state index contributed by atoms with van der Waals surface area (Å²) in [7, 11) is 0. The summed E-state index contributed by atoms with van der Waals surface area (Å²) in [6.45, 7) is 1.20. The van der Waals surface area contributed by atoms with Gasteiger partial charge in [0.2, 0.25) is 5.91 Å². The molecule has 0 aliphatic carbocycles. The normalized spacial score (nSPS) is 18.1. The number of nitrogens with zero attached hydrogens (tertiary/aromatic N) is 1. The zero-order valence-corrected chi connectivity index (χ0v) is 11.9. The summed E-state index contributed by atoms with van der Waals surface area (Å²) in [5.41, 5.74) is 2.16. The second-order valence-corrected chi connectivity index (χ2v) is 5.61. The van der Waals surface area contributed by atoms with Crippen LogP contribution in [0.15, 0.2) is 35.8 Å². The molecule has 1 unspecified atom stereocenters. The van der Waals surface area contributed by atoms with Crippen molar-refractivity contribution in [2.75, 3.05) is 6.61 Å². The lowest BCUT2D eigenvalue weighted by Gasteiger charge is -2.12. The van der Waals surface area contributed by atoms with Gasteiger partial charge in [0.05, 0.1) is 0 Å². The average molecular weight is 288 g/mol. The molecule has 3 rings (SSSR count). The van der Waals surface area contributed by atoms with Crippen molar-refractivity contribution in [3.05, 3.63) is 41.4 Å². The summed E-state index contributed by atoms with van der Waals surface area (Å²) in [6, 6.07) is 8.02. The molecule has 2 aromatic rings. The highest BCUT2D eigenvalue weighted by Gasteiger charge is 2.23. The fraction of sp³-hybridized carbons (Fsp3) is 0.333. The molecule has 20 heavy (non-hydrogen) atoms. The SMILES string of the molecule is O=C(NCc1ccccc1-c1nccs1)C1CCCO1. The summed E-state index contributed by atoms with van der Waals surface area (Å²) >= 11 is 1.60. The Labute approximate surface area is 121 Å². The van der Waals surface area contributed by atoms with Crippen LogP contribution < -0.4 is 5.32 Å². The molecule has 0 radical (unpaired) electrons. The third-order valence-electron chi connectivity index (χ3n) is 3.36. The molecule has 1 aliphatic heterocycles. The number of thiazole rings is 1. The largest absolute Gasteiger partial charge is 0.368 e. The number of ether oxygens (including phenoxy) is 1. The van der Waals surface area contributed by atoms with Crippen LogP contribution in [0.5, 0.6) is 0 Å². The van der Waals surface area contributed by atoms with Crippen molar-refractivity contribution in [2.24, 2.45) is 0 Å². The fourth-order valence-electron chi connectivity index (χ4n) is 2.32. The zero-order chi connectivity index (χ0) is 13.8. The molecule has 5 heteroatoms. The van der Waals surface area contributed by atoms with Crippen LogP contribution in [-0.4, -0.2) is 23.6 Å². The predicted octanol–water partition coefficient (Wildman–Crippen LogP) is 2.61. The number of carbonyl (C=O) groups excluding carboxylic acids is 1. The molecule has 1 aliphatic rings. The van der Waals surface area contributed by atoms with Gasteiger partial charge in [0, 0.05) is 30.3 Å². The van der Waals surface area contributed by atoms with Gasteiger partial charge in [0.25, 0.3) is 0 Å². The van der Waals surface area contributed by atoms with Crippen LogP contribution in [0.2, 0.25) is 0 Å². The summed E-state index contributed by atoms with van der Waals surface area (Å²) in [6.07, 6.45) is 3.30. The maximum absolute atomic E-state index is 12.0. The van der Waals surface area contributed by atoms with E-state index in [1.807, 2.05) is 29.6 Å². The van der Waals surface area contributed by atoms with E-state index in [9.17, 15) is 4.79 Å². The van der Waals surface area contributed by atoms with Gasteiger partial charge in [-0.15, -0.1) is 11.3 Å². The number of aromatic nitrogens is 1. The Morgan fingerprint density at radius 3 is 3.10 bits per heavy atom. The minimum absolute atomic E-state index is 0.0172. The van der Waals surface area contributed by atoms with Gasteiger partial charge in [-0.25, -0.2) is 4.98 Å². The molecule has 2 heterocycles. The number of hydrogen-bond donors (Lipinski definition) is 1. The Balaban J connectivity index is 1.70. The molecule has 0 saturated carbocycles. The van der Waals surface area contributed by atoms with Gasteiger partial charge < -0.3 is 10.1 Å². The van der Waals surface area contributed by atoms with Crippen LogP contribution >= 0.6 is 11.3 Å². The van der Waals surface area contributed by atoms with E-state index in [0.717, 1.165) is 29.0 Å². The Bertz CT molecular complexity index is 577. The Morgan fingerprint density at radius 2 is 2.35 bits per heavy atom. The van der Waals surface area contributed by atoms with Crippen molar-refractivity contribution in [2.45, 2.75) is 25.5 Å². The lowest BCUT2D eigenvalue weighted by Crippen LogP contribution is -2.33. The lowest BCUT2D eigenvalue weighted by molar-refractivity contribution is -0.130. The maximum Gasteiger partial charge on any atom is 0.249 e. The smallest absolute Gasteiger partial charge is 0.249 e. The monoisotopic (exact) mass is 288 g/mol. The Morgan fingerprint density at radius 1 is 1.45 bits per heavy atom. The zero-order valence-electron chi connectivity index (χ0n) is 11.0. The average Bonchev–Trinajstić information content (AvgIpc) is 3.17. The van der Waals surface area contributed by atoms with Crippen LogP contribution in [0.3, 0.4) is 0 Å². The van der Waals surface area contributed by atoms with Gasteiger partial charge in [0.1, 0.15) is 11.1 Å². The summed E-state index contributed by atoms with van der Waals surface area (Å²) < 4.78 is 5.38. The van der Waals surface area contributed by atoms with Crippen molar-refractivity contribution in [3.63, 3.8) is 0 Å². The van der Waals surface area contributed by atoms with Gasteiger partial charge in [0.15, 0.2) is 0 Å². The number of hydrogen-bond acceptors (Lipinski definition) is 4. The van der Waals surface area contributed by atoms with E-state index in [-0.39, 0.29) is 12.0 Å². The first-order valence-corrected chi connectivity index (χ1v) is 7.59. The minimum atomic E-state index is -0.276. The quantitative estimate of drug-likeness (QED) is 0.941. The van der Waals surface area contributed by atoms with E-state index >= 15 is 0 Å². The Kier molecular flexibility index (Phi) is 4.08. The van der Waals surface area contributed by atoms with E-state index in [4.69, 9.17) is 4.74 Å². The maximum atomic E-state index is 12.0. The molecule has 1 fully saturated rings. The molecule has 4 nitrogen and oxygen atoms in total. The van der Waals surface area contributed by atoms with Crippen molar-refractivity contribution in [1.82, 2.24) is 10.3 Å². The van der Waals surface area contributed by atoms with Gasteiger partial charge in [-0.3, -0.25) is 4.79 Å². The van der Waals surface area contributed by atoms with Gasteiger partial charge in [-0.1, -0.05) is 24.3 Å². The number of amides is 1. The van der Waals surface area contributed by atoms with Crippen molar-refractivity contribution in [3.8, 4) is 10.6 Å². The highest BCUT2D eigenvalue weighted by molar-refractivity contribution is 7.13. The van der Waals surface area contributed by atoms with E-state index in [0.29, 0.717) is 13.2 Å². The van der Waals surface area contributed by atoms with Gasteiger partial charge in [-0.2, -0.15) is 0 Å². The number of nitrogens with one attached hydrogen (secondary N) is 1. The molecule has 1 aromatic heterocycles. The van der Waals surface area contributed by atoms with Crippen LogP contribution in [0.1, 0.15) is 18.4 Å². The minimum Gasteiger partial charge on any atom is -0.368 e. The topological polar surface area (TPSA) is 51.2 Å². The van der Waals surface area contributed by atoms with Gasteiger partial charge >= 0.3 is 0 Å². The third kappa shape index (κ3) is 2.89. The highest BCUT2D eigenvalue weighted by atomic mass is 32.1. The third-order valence-corrected chi connectivity index (χ3v) is 4.16. The van der Waals surface area contributed by atoms with E-state index in [1.165, 1.54) is 0 Å². The van der Waals surface area contributed by atoms with Gasteiger partial charge in [-0.05, 0) is 18.4 Å². The van der Waals surface area contributed by atoms with Crippen molar-refractivity contribution in [1.29, 1.82) is 0 Å². The summed E-state index contributed by atoms with van der Waals surface area (Å²) in [5, 5.41) is 5.89. The standard InChI is InChI=1S/C15H16N2O2S/c18-14(13-6-3-8-19-13)17-10-11-4-1-2-5-12(11)15-16-7-9-20-15/h1-2,4-5,7,9,13H,3,6,8,10H2,(H,17,18). The van der Waals surface area contributed by atoms with Crippen molar-refractivity contribution < 1.29 is 9.53 Å². The first kappa shape index (κ1) is 13.3. The summed E-state index contributed by atoms with van der Waals surface area (Å²) in [4.78, 5) is 16.3. The number of benzene rings is 1. The summed E-state index contributed by atoms with van der Waals surface area (Å²) in [5.74, 6) is -0.0172. The number of carbonyl (C=O) groups is 1. The lowest BCUT2D eigenvalue weighted by atomic mass is 10.1. The number of rotatable bonds is 4. The first-order chi connectivity index (χ1) is 9.84. The molecular formula is C15H16N2O2S. The van der Waals surface area contributed by atoms with Crippen LogP contribution in [-0.2, 0) is 16.1 Å². The fourth-order valence-corrected chi connectivity index (χ4v) is 3.02. The van der Waals surface area contributed by atoms with E-state index in [2.05, 4.69) is 10.3 Å². The van der Waals surface area contributed by atoms with Crippen LogP contribution in [0.4, 0.5) is 0 Å². The van der Waals surface area contributed by atoms with Crippen LogP contribution in [0, 0.1) is 0 Å². The second kappa shape index (κ2) is 6.15. The highest BCUT2D eigenvalue weighted by Crippen LogP contribution is 2.25. The molecule has 1 aromatic carbocycles. The molecule has 1 atom stereocenters. The van der Waals surface area contributed by atoms with Crippen LogP contribution in [0.25, 0.3) is 10.6 Å². The molecule has 1 N–H and O–H groups in total. The molecular weight excluding hydrogens is 272 g/mol.